The highest BCUT2D eigenvalue weighted by Crippen LogP contribution is 2.40. The fraction of sp³-hybridized carbons (Fsp3) is 0.364. The standard InChI is InChI=1S/C11H14ClN3S2/c1-7(13)10(8-3-4-9(12)16-8)17-11-14-5-6-15(11)2/h3-7,10H,13H2,1-2H3. The number of hydrogen-bond acceptors (Lipinski definition) is 4. The van der Waals surface area contributed by atoms with Crippen LogP contribution in [0.5, 0.6) is 0 Å². The molecule has 2 heterocycles. The largest absolute Gasteiger partial charge is 0.329 e. The summed E-state index contributed by atoms with van der Waals surface area (Å²) in [6.45, 7) is 2.01. The molecule has 0 aliphatic heterocycles. The molecule has 2 aromatic heterocycles. The van der Waals surface area contributed by atoms with Crippen molar-refractivity contribution in [1.29, 1.82) is 0 Å². The molecule has 2 atom stereocenters. The molecule has 2 unspecified atom stereocenters. The van der Waals surface area contributed by atoms with Crippen LogP contribution in [0, 0.1) is 0 Å². The highest BCUT2D eigenvalue weighted by atomic mass is 35.5. The van der Waals surface area contributed by atoms with E-state index in [0.717, 1.165) is 9.49 Å². The first-order chi connectivity index (χ1) is 8.08. The van der Waals surface area contributed by atoms with Crippen molar-refractivity contribution in [3.63, 3.8) is 0 Å². The van der Waals surface area contributed by atoms with Crippen molar-refractivity contribution in [2.75, 3.05) is 0 Å². The van der Waals surface area contributed by atoms with Crippen molar-refractivity contribution in [1.82, 2.24) is 9.55 Å². The Morgan fingerprint density at radius 2 is 2.29 bits per heavy atom. The summed E-state index contributed by atoms with van der Waals surface area (Å²) < 4.78 is 2.79. The van der Waals surface area contributed by atoms with Crippen LogP contribution in [-0.4, -0.2) is 15.6 Å². The van der Waals surface area contributed by atoms with Crippen LogP contribution >= 0.6 is 34.7 Å². The van der Waals surface area contributed by atoms with E-state index >= 15 is 0 Å². The first kappa shape index (κ1) is 13.0. The molecular formula is C11H14ClN3S2. The van der Waals surface area contributed by atoms with Crippen LogP contribution in [0.1, 0.15) is 17.1 Å². The Kier molecular flexibility index (Phi) is 4.14. The molecule has 0 spiro atoms. The summed E-state index contributed by atoms with van der Waals surface area (Å²) in [5.41, 5.74) is 6.05. The van der Waals surface area contributed by atoms with E-state index in [1.807, 2.05) is 36.9 Å². The number of hydrogen-bond donors (Lipinski definition) is 1. The van der Waals surface area contributed by atoms with Crippen LogP contribution in [-0.2, 0) is 7.05 Å². The molecule has 3 nitrogen and oxygen atoms in total. The van der Waals surface area contributed by atoms with Gasteiger partial charge in [0.2, 0.25) is 0 Å². The normalized spacial score (nSPS) is 14.8. The molecule has 17 heavy (non-hydrogen) atoms. The number of imidazole rings is 1. The van der Waals surface area contributed by atoms with Gasteiger partial charge in [0.05, 0.1) is 9.59 Å². The second kappa shape index (κ2) is 5.44. The molecule has 0 amide bonds. The average Bonchev–Trinajstić information content (AvgIpc) is 2.84. The summed E-state index contributed by atoms with van der Waals surface area (Å²) in [5.74, 6) is 0. The minimum atomic E-state index is 0.0476. The zero-order valence-corrected chi connectivity index (χ0v) is 12.0. The molecule has 0 radical (unpaired) electrons. The third-order valence-electron chi connectivity index (χ3n) is 2.36. The number of nitrogens with two attached hydrogens (primary N) is 1. The summed E-state index contributed by atoms with van der Waals surface area (Å²) in [4.78, 5) is 5.50. The van der Waals surface area contributed by atoms with Crippen LogP contribution < -0.4 is 5.73 Å². The number of nitrogens with zero attached hydrogens (tertiary/aromatic N) is 2. The molecule has 0 fully saturated rings. The van der Waals surface area contributed by atoms with Gasteiger partial charge >= 0.3 is 0 Å². The predicted octanol–water partition coefficient (Wildman–Crippen LogP) is 3.32. The van der Waals surface area contributed by atoms with Crippen molar-refractivity contribution in [3.05, 3.63) is 33.7 Å². The van der Waals surface area contributed by atoms with Gasteiger partial charge in [-0.15, -0.1) is 11.3 Å². The third-order valence-corrected chi connectivity index (χ3v) is 5.37. The zero-order valence-electron chi connectivity index (χ0n) is 9.63. The van der Waals surface area contributed by atoms with Gasteiger partial charge in [0.15, 0.2) is 5.16 Å². The van der Waals surface area contributed by atoms with Gasteiger partial charge in [0, 0.05) is 30.4 Å². The van der Waals surface area contributed by atoms with Gasteiger partial charge < -0.3 is 10.3 Å². The molecule has 92 valence electrons. The van der Waals surface area contributed by atoms with Crippen LogP contribution in [0.25, 0.3) is 0 Å². The first-order valence-electron chi connectivity index (χ1n) is 5.22. The molecule has 0 saturated heterocycles. The highest BCUT2D eigenvalue weighted by Gasteiger charge is 2.21. The molecule has 2 aromatic rings. The van der Waals surface area contributed by atoms with Crippen LogP contribution in [0.15, 0.2) is 29.7 Å². The molecular weight excluding hydrogens is 274 g/mol. The number of halogens is 1. The van der Waals surface area contributed by atoms with Crippen molar-refractivity contribution in [2.45, 2.75) is 23.4 Å². The van der Waals surface area contributed by atoms with Crippen LogP contribution in [0.3, 0.4) is 0 Å². The Balaban J connectivity index is 2.22. The number of rotatable bonds is 4. The van der Waals surface area contributed by atoms with Gasteiger partial charge in [-0.2, -0.15) is 0 Å². The lowest BCUT2D eigenvalue weighted by Gasteiger charge is -2.18. The summed E-state index contributed by atoms with van der Waals surface area (Å²) in [5, 5.41) is 1.16. The number of aryl methyl sites for hydroxylation is 1. The van der Waals surface area contributed by atoms with Crippen molar-refractivity contribution in [2.24, 2.45) is 12.8 Å². The number of aromatic nitrogens is 2. The van der Waals surface area contributed by atoms with E-state index < -0.39 is 0 Å². The van der Waals surface area contributed by atoms with E-state index in [9.17, 15) is 0 Å². The lowest BCUT2D eigenvalue weighted by atomic mass is 10.2. The summed E-state index contributed by atoms with van der Waals surface area (Å²) >= 11 is 9.22. The summed E-state index contributed by atoms with van der Waals surface area (Å²) in [6.07, 6.45) is 3.73. The minimum absolute atomic E-state index is 0.0476. The molecule has 2 N–H and O–H groups in total. The lowest BCUT2D eigenvalue weighted by Crippen LogP contribution is -2.22. The fourth-order valence-electron chi connectivity index (χ4n) is 1.48. The maximum absolute atomic E-state index is 6.05. The second-order valence-electron chi connectivity index (χ2n) is 3.86. The average molecular weight is 288 g/mol. The fourth-order valence-corrected chi connectivity index (χ4v) is 3.92. The minimum Gasteiger partial charge on any atom is -0.329 e. The molecule has 0 saturated carbocycles. The monoisotopic (exact) mass is 287 g/mol. The van der Waals surface area contributed by atoms with Gasteiger partial charge in [-0.1, -0.05) is 23.4 Å². The summed E-state index contributed by atoms with van der Waals surface area (Å²) in [7, 11) is 1.98. The van der Waals surface area contributed by atoms with Crippen molar-refractivity contribution >= 4 is 34.7 Å². The van der Waals surface area contributed by atoms with E-state index in [1.54, 1.807) is 29.3 Å². The van der Waals surface area contributed by atoms with Crippen molar-refractivity contribution in [3.8, 4) is 0 Å². The van der Waals surface area contributed by atoms with Crippen molar-refractivity contribution < 1.29 is 0 Å². The Labute approximate surface area is 114 Å². The van der Waals surface area contributed by atoms with E-state index in [-0.39, 0.29) is 11.3 Å². The molecule has 0 aliphatic rings. The van der Waals surface area contributed by atoms with Gasteiger partial charge in [0.25, 0.3) is 0 Å². The van der Waals surface area contributed by atoms with Crippen LogP contribution in [0.2, 0.25) is 4.34 Å². The molecule has 0 aliphatic carbocycles. The first-order valence-corrected chi connectivity index (χ1v) is 7.30. The maximum Gasteiger partial charge on any atom is 0.168 e. The Morgan fingerprint density at radius 1 is 1.53 bits per heavy atom. The SMILES string of the molecule is CC(N)C(Sc1nccn1C)c1ccc(Cl)s1. The van der Waals surface area contributed by atoms with Gasteiger partial charge in [-0.3, -0.25) is 0 Å². The van der Waals surface area contributed by atoms with Gasteiger partial charge in [-0.25, -0.2) is 4.98 Å². The second-order valence-corrected chi connectivity index (χ2v) is 6.72. The number of thiophene rings is 1. The Morgan fingerprint density at radius 3 is 2.76 bits per heavy atom. The Bertz CT molecular complexity index is 492. The van der Waals surface area contributed by atoms with Gasteiger partial charge in [-0.05, 0) is 19.1 Å². The topological polar surface area (TPSA) is 43.8 Å². The van der Waals surface area contributed by atoms with E-state index in [4.69, 9.17) is 17.3 Å². The Hall–Kier alpha value is -0.490. The van der Waals surface area contributed by atoms with E-state index in [2.05, 4.69) is 4.98 Å². The van der Waals surface area contributed by atoms with Crippen LogP contribution in [0.4, 0.5) is 0 Å². The predicted molar refractivity (Wildman–Crippen MR) is 74.8 cm³/mol. The number of thioether (sulfide) groups is 1. The summed E-state index contributed by atoms with van der Waals surface area (Å²) in [6, 6.07) is 4.00. The quantitative estimate of drug-likeness (QED) is 0.878. The molecule has 0 aromatic carbocycles. The van der Waals surface area contributed by atoms with Gasteiger partial charge in [0.1, 0.15) is 0 Å². The smallest absolute Gasteiger partial charge is 0.168 e. The molecule has 0 bridgehead atoms. The zero-order chi connectivity index (χ0) is 12.4. The van der Waals surface area contributed by atoms with E-state index in [0.29, 0.717) is 0 Å². The molecule has 2 rings (SSSR count). The third kappa shape index (κ3) is 3.04. The molecule has 6 heteroatoms. The lowest BCUT2D eigenvalue weighted by molar-refractivity contribution is 0.717. The maximum atomic E-state index is 6.05. The highest BCUT2D eigenvalue weighted by molar-refractivity contribution is 7.99. The van der Waals surface area contributed by atoms with E-state index in [1.165, 1.54) is 4.88 Å².